The fourth-order valence-corrected chi connectivity index (χ4v) is 2.16. The third-order valence-electron chi connectivity index (χ3n) is 3.58. The average Bonchev–Trinajstić information content (AvgIpc) is 2.48. The van der Waals surface area contributed by atoms with Gasteiger partial charge >= 0.3 is 11.7 Å². The van der Waals surface area contributed by atoms with Crippen LogP contribution in [-0.2, 0) is 0 Å². The second kappa shape index (κ2) is 7.56. The second-order valence-corrected chi connectivity index (χ2v) is 4.82. The van der Waals surface area contributed by atoms with E-state index in [1.165, 1.54) is 6.07 Å². The molecule has 0 radical (unpaired) electrons. The lowest BCUT2D eigenvalue weighted by molar-refractivity contribution is -0.384. The third kappa shape index (κ3) is 4.14. The maximum Gasteiger partial charge on any atom is 0.354 e. The molecule has 0 atom stereocenters. The van der Waals surface area contributed by atoms with Crippen LogP contribution >= 0.6 is 0 Å². The lowest BCUT2D eigenvalue weighted by Gasteiger charge is -2.26. The van der Waals surface area contributed by atoms with Crippen LogP contribution in [0.1, 0.15) is 44.1 Å². The molecule has 116 valence electrons. The van der Waals surface area contributed by atoms with Crippen molar-refractivity contribution < 1.29 is 14.8 Å². The second-order valence-electron chi connectivity index (χ2n) is 4.82. The maximum absolute atomic E-state index is 11.1. The summed E-state index contributed by atoms with van der Waals surface area (Å²) in [6.45, 7) is 7.17. The molecule has 0 aliphatic rings. The van der Waals surface area contributed by atoms with Crippen molar-refractivity contribution in [2.24, 2.45) is 5.92 Å². The van der Waals surface area contributed by atoms with E-state index >= 15 is 0 Å². The van der Waals surface area contributed by atoms with Gasteiger partial charge in [-0.25, -0.2) is 9.78 Å². The van der Waals surface area contributed by atoms with E-state index in [9.17, 15) is 14.9 Å². The SMILES string of the molecule is CCC(CC)CN(CC)c1nc(C(=O)O)ccc1[N+](=O)[O-]. The summed E-state index contributed by atoms with van der Waals surface area (Å²) in [5.41, 5.74) is -0.341. The Morgan fingerprint density at radius 1 is 1.38 bits per heavy atom. The van der Waals surface area contributed by atoms with Crippen molar-refractivity contribution in [1.82, 2.24) is 4.98 Å². The predicted octanol–water partition coefficient (Wildman–Crippen LogP) is 2.95. The summed E-state index contributed by atoms with van der Waals surface area (Å²) in [6.07, 6.45) is 1.92. The number of hydrogen-bond donors (Lipinski definition) is 1. The molecule has 0 aromatic carbocycles. The van der Waals surface area contributed by atoms with Gasteiger partial charge in [-0.1, -0.05) is 26.7 Å². The standard InChI is InChI=1S/C14H21N3O4/c1-4-10(5-2)9-16(6-3)13-12(17(20)21)8-7-11(15-13)14(18)19/h7-8,10H,4-6,9H2,1-3H3,(H,18,19). The van der Waals surface area contributed by atoms with Gasteiger partial charge in [-0.15, -0.1) is 0 Å². The third-order valence-corrected chi connectivity index (χ3v) is 3.58. The normalized spacial score (nSPS) is 10.7. The number of carboxylic acid groups (broad SMARTS) is 1. The number of hydrogen-bond acceptors (Lipinski definition) is 5. The molecule has 1 aromatic heterocycles. The van der Waals surface area contributed by atoms with E-state index in [-0.39, 0.29) is 17.2 Å². The zero-order valence-corrected chi connectivity index (χ0v) is 12.6. The Hall–Kier alpha value is -2.18. The number of nitro groups is 1. The maximum atomic E-state index is 11.1. The Morgan fingerprint density at radius 2 is 2.00 bits per heavy atom. The van der Waals surface area contributed by atoms with Crippen LogP contribution in [0.2, 0.25) is 0 Å². The highest BCUT2D eigenvalue weighted by atomic mass is 16.6. The zero-order chi connectivity index (χ0) is 16.0. The molecule has 1 heterocycles. The number of anilines is 1. The van der Waals surface area contributed by atoms with E-state index in [2.05, 4.69) is 18.8 Å². The van der Waals surface area contributed by atoms with Gasteiger partial charge in [0.2, 0.25) is 5.82 Å². The lowest BCUT2D eigenvalue weighted by atomic mass is 10.0. The van der Waals surface area contributed by atoms with Crippen LogP contribution in [-0.4, -0.2) is 34.1 Å². The zero-order valence-electron chi connectivity index (χ0n) is 12.6. The van der Waals surface area contributed by atoms with E-state index in [0.717, 1.165) is 18.9 Å². The molecule has 7 heteroatoms. The van der Waals surface area contributed by atoms with Crippen LogP contribution in [0, 0.1) is 16.0 Å². The van der Waals surface area contributed by atoms with Gasteiger partial charge in [0.05, 0.1) is 4.92 Å². The summed E-state index contributed by atoms with van der Waals surface area (Å²) in [5.74, 6) is -0.668. The Kier molecular flexibility index (Phi) is 6.08. The van der Waals surface area contributed by atoms with E-state index < -0.39 is 10.9 Å². The number of carbonyl (C=O) groups is 1. The number of carboxylic acids is 1. The number of rotatable bonds is 8. The first-order valence-electron chi connectivity index (χ1n) is 7.08. The van der Waals surface area contributed by atoms with Gasteiger partial charge in [-0.2, -0.15) is 0 Å². The largest absolute Gasteiger partial charge is 0.477 e. The highest BCUT2D eigenvalue weighted by Gasteiger charge is 2.24. The lowest BCUT2D eigenvalue weighted by Crippen LogP contribution is -2.30. The molecular formula is C14H21N3O4. The number of aromatic nitrogens is 1. The van der Waals surface area contributed by atoms with Crippen molar-refractivity contribution in [3.63, 3.8) is 0 Å². The molecule has 7 nitrogen and oxygen atoms in total. The van der Waals surface area contributed by atoms with Crippen molar-refractivity contribution in [3.8, 4) is 0 Å². The molecule has 0 saturated carbocycles. The van der Waals surface area contributed by atoms with Gasteiger partial charge in [0.25, 0.3) is 0 Å². The molecule has 1 N–H and O–H groups in total. The van der Waals surface area contributed by atoms with Gasteiger partial charge in [0.15, 0.2) is 5.69 Å². The first kappa shape index (κ1) is 16.9. The number of aromatic carboxylic acids is 1. The summed E-state index contributed by atoms with van der Waals surface area (Å²) >= 11 is 0. The van der Waals surface area contributed by atoms with Crippen molar-refractivity contribution in [3.05, 3.63) is 27.9 Å². The minimum atomic E-state index is -1.19. The molecule has 21 heavy (non-hydrogen) atoms. The Balaban J connectivity index is 3.24. The van der Waals surface area contributed by atoms with Crippen LogP contribution in [0.15, 0.2) is 12.1 Å². The minimum Gasteiger partial charge on any atom is -0.477 e. The summed E-state index contributed by atoms with van der Waals surface area (Å²) in [6, 6.07) is 2.37. The molecule has 1 aromatic rings. The fraction of sp³-hybridized carbons (Fsp3) is 0.571. The molecule has 0 aliphatic heterocycles. The minimum absolute atomic E-state index is 0.134. The summed E-state index contributed by atoms with van der Waals surface area (Å²) in [4.78, 5) is 27.4. The van der Waals surface area contributed by atoms with Crippen LogP contribution < -0.4 is 4.90 Å². The Bertz CT molecular complexity index is 515. The van der Waals surface area contributed by atoms with Crippen LogP contribution in [0.25, 0.3) is 0 Å². The molecule has 1 rings (SSSR count). The van der Waals surface area contributed by atoms with Crippen molar-refractivity contribution in [2.45, 2.75) is 33.6 Å². The molecular weight excluding hydrogens is 274 g/mol. The van der Waals surface area contributed by atoms with E-state index in [0.29, 0.717) is 19.0 Å². The van der Waals surface area contributed by atoms with Gasteiger partial charge < -0.3 is 10.0 Å². The predicted molar refractivity (Wildman–Crippen MR) is 79.8 cm³/mol. The topological polar surface area (TPSA) is 96.6 Å². The van der Waals surface area contributed by atoms with Gasteiger partial charge in [0, 0.05) is 19.2 Å². The summed E-state index contributed by atoms with van der Waals surface area (Å²) < 4.78 is 0. The van der Waals surface area contributed by atoms with Crippen molar-refractivity contribution >= 4 is 17.5 Å². The molecule has 0 unspecified atom stereocenters. The first-order chi connectivity index (χ1) is 9.94. The molecule has 0 aliphatic carbocycles. The van der Waals surface area contributed by atoms with Crippen molar-refractivity contribution in [1.29, 1.82) is 0 Å². The number of pyridine rings is 1. The summed E-state index contributed by atoms with van der Waals surface area (Å²) in [5, 5.41) is 20.2. The van der Waals surface area contributed by atoms with E-state index in [1.807, 2.05) is 6.92 Å². The molecule has 0 amide bonds. The van der Waals surface area contributed by atoms with Crippen molar-refractivity contribution in [2.75, 3.05) is 18.0 Å². The smallest absolute Gasteiger partial charge is 0.354 e. The number of nitrogens with zero attached hydrogens (tertiary/aromatic N) is 3. The first-order valence-corrected chi connectivity index (χ1v) is 7.08. The van der Waals surface area contributed by atoms with Gasteiger partial charge in [0.1, 0.15) is 0 Å². The monoisotopic (exact) mass is 295 g/mol. The summed E-state index contributed by atoms with van der Waals surface area (Å²) in [7, 11) is 0. The van der Waals surface area contributed by atoms with E-state index in [1.54, 1.807) is 4.90 Å². The molecule has 0 spiro atoms. The molecule has 0 bridgehead atoms. The highest BCUT2D eigenvalue weighted by Crippen LogP contribution is 2.27. The van der Waals surface area contributed by atoms with Crippen LogP contribution in [0.5, 0.6) is 0 Å². The fourth-order valence-electron chi connectivity index (χ4n) is 2.16. The Morgan fingerprint density at radius 3 is 2.43 bits per heavy atom. The molecule has 0 fully saturated rings. The van der Waals surface area contributed by atoms with Crippen LogP contribution in [0.4, 0.5) is 11.5 Å². The average molecular weight is 295 g/mol. The van der Waals surface area contributed by atoms with E-state index in [4.69, 9.17) is 5.11 Å². The van der Waals surface area contributed by atoms with Gasteiger partial charge in [-0.3, -0.25) is 10.1 Å². The van der Waals surface area contributed by atoms with Crippen LogP contribution in [0.3, 0.4) is 0 Å². The quantitative estimate of drug-likeness (QED) is 0.585. The Labute approximate surface area is 123 Å². The molecule has 0 saturated heterocycles. The van der Waals surface area contributed by atoms with Gasteiger partial charge in [-0.05, 0) is 18.9 Å². The highest BCUT2D eigenvalue weighted by molar-refractivity contribution is 5.86.